The molecular formula is C14H17ClN2O3S. The van der Waals surface area contributed by atoms with E-state index in [0.29, 0.717) is 23.1 Å². The van der Waals surface area contributed by atoms with Gasteiger partial charge in [-0.25, -0.2) is 13.6 Å². The lowest BCUT2D eigenvalue weighted by molar-refractivity contribution is -0.118. The fourth-order valence-electron chi connectivity index (χ4n) is 3.45. The van der Waals surface area contributed by atoms with Crippen LogP contribution < -0.4 is 10.5 Å². The molecule has 2 aliphatic rings. The molecule has 3 N–H and O–H groups in total. The Labute approximate surface area is 128 Å². The second kappa shape index (κ2) is 4.97. The molecule has 0 bridgehead atoms. The predicted octanol–water partition coefficient (Wildman–Crippen LogP) is 2.28. The Kier molecular flexibility index (Phi) is 3.50. The molecule has 1 amide bonds. The molecule has 0 radical (unpaired) electrons. The monoisotopic (exact) mass is 328 g/mol. The Bertz CT molecular complexity index is 684. The number of nitrogens with one attached hydrogen (secondary N) is 1. The molecule has 5 nitrogen and oxygen atoms in total. The minimum Gasteiger partial charge on any atom is -0.324 e. The maximum absolute atomic E-state index is 12.3. The number of benzene rings is 1. The van der Waals surface area contributed by atoms with Crippen molar-refractivity contribution in [1.82, 2.24) is 0 Å². The van der Waals surface area contributed by atoms with Gasteiger partial charge in [-0.05, 0) is 49.3 Å². The van der Waals surface area contributed by atoms with Crippen LogP contribution in [-0.4, -0.2) is 14.3 Å². The van der Waals surface area contributed by atoms with Crippen molar-refractivity contribution in [3.05, 3.63) is 22.7 Å². The Morgan fingerprint density at radius 2 is 1.95 bits per heavy atom. The molecule has 2 unspecified atom stereocenters. The van der Waals surface area contributed by atoms with Crippen LogP contribution in [0.1, 0.15) is 24.8 Å². The molecule has 0 heterocycles. The molecule has 2 saturated carbocycles. The molecule has 1 aromatic carbocycles. The highest BCUT2D eigenvalue weighted by Gasteiger charge is 2.56. The van der Waals surface area contributed by atoms with Crippen LogP contribution >= 0.6 is 11.6 Å². The first-order valence-corrected chi connectivity index (χ1v) is 8.85. The zero-order chi connectivity index (χ0) is 15.4. The Morgan fingerprint density at radius 3 is 2.48 bits per heavy atom. The number of hydrogen-bond acceptors (Lipinski definition) is 3. The van der Waals surface area contributed by atoms with Crippen molar-refractivity contribution in [2.75, 3.05) is 5.32 Å². The molecule has 3 rings (SSSR count). The van der Waals surface area contributed by atoms with Gasteiger partial charge in [0.2, 0.25) is 15.9 Å². The van der Waals surface area contributed by atoms with Gasteiger partial charge < -0.3 is 5.32 Å². The van der Waals surface area contributed by atoms with Crippen LogP contribution in [0.2, 0.25) is 5.02 Å². The normalized spacial score (nSPS) is 27.3. The molecule has 0 spiro atoms. The zero-order valence-electron chi connectivity index (χ0n) is 11.6. The van der Waals surface area contributed by atoms with Gasteiger partial charge in [-0.3, -0.25) is 4.79 Å². The molecule has 21 heavy (non-hydrogen) atoms. The highest BCUT2D eigenvalue weighted by atomic mass is 35.5. The smallest absolute Gasteiger partial charge is 0.238 e. The lowest BCUT2D eigenvalue weighted by Crippen LogP contribution is -2.18. The summed E-state index contributed by atoms with van der Waals surface area (Å²) in [6, 6.07) is 2.69. The minimum absolute atomic E-state index is 0.0157. The third-order valence-electron chi connectivity index (χ3n) is 4.55. The molecule has 2 fully saturated rings. The minimum atomic E-state index is -3.81. The molecule has 0 aliphatic heterocycles. The van der Waals surface area contributed by atoms with Crippen LogP contribution in [-0.2, 0) is 14.8 Å². The van der Waals surface area contributed by atoms with E-state index in [-0.39, 0.29) is 21.7 Å². The van der Waals surface area contributed by atoms with E-state index in [9.17, 15) is 13.2 Å². The maximum Gasteiger partial charge on any atom is 0.238 e. The summed E-state index contributed by atoms with van der Waals surface area (Å²) in [5, 5.41) is 8.13. The van der Waals surface area contributed by atoms with Gasteiger partial charge in [-0.2, -0.15) is 0 Å². The van der Waals surface area contributed by atoms with Gasteiger partial charge in [-0.15, -0.1) is 0 Å². The molecular weight excluding hydrogens is 312 g/mol. The van der Waals surface area contributed by atoms with Gasteiger partial charge in [0.1, 0.15) is 0 Å². The van der Waals surface area contributed by atoms with Crippen molar-refractivity contribution in [3.8, 4) is 0 Å². The number of aryl methyl sites for hydroxylation is 1. The topological polar surface area (TPSA) is 89.3 Å². The first kappa shape index (κ1) is 14.8. The Hall–Kier alpha value is -1.11. The van der Waals surface area contributed by atoms with E-state index in [1.54, 1.807) is 6.92 Å². The third-order valence-corrected chi connectivity index (χ3v) is 5.74. The lowest BCUT2D eigenvalue weighted by atomic mass is 10.1. The van der Waals surface area contributed by atoms with E-state index in [2.05, 4.69) is 5.32 Å². The van der Waals surface area contributed by atoms with Gasteiger partial charge in [0.15, 0.2) is 0 Å². The number of primary sulfonamides is 1. The Morgan fingerprint density at radius 1 is 1.33 bits per heavy atom. The molecule has 2 aliphatic carbocycles. The van der Waals surface area contributed by atoms with Crippen LogP contribution in [0.15, 0.2) is 17.0 Å². The number of sulfonamides is 1. The number of nitrogens with two attached hydrogens (primary N) is 1. The molecule has 0 saturated heterocycles. The summed E-state index contributed by atoms with van der Waals surface area (Å²) in [6.07, 6.45) is 3.46. The van der Waals surface area contributed by atoms with Crippen molar-refractivity contribution in [2.45, 2.75) is 31.1 Å². The van der Waals surface area contributed by atoms with Gasteiger partial charge in [0, 0.05) is 5.92 Å². The number of fused-ring (bicyclic) bond motifs is 1. The summed E-state index contributed by atoms with van der Waals surface area (Å²) in [5.41, 5.74) is 1.06. The predicted molar refractivity (Wildman–Crippen MR) is 80.5 cm³/mol. The molecule has 1 aromatic rings. The quantitative estimate of drug-likeness (QED) is 0.892. The Balaban J connectivity index is 1.81. The molecule has 0 aromatic heterocycles. The van der Waals surface area contributed by atoms with E-state index in [0.717, 1.165) is 12.8 Å². The van der Waals surface area contributed by atoms with E-state index in [1.807, 2.05) is 0 Å². The third kappa shape index (κ3) is 2.67. The van der Waals surface area contributed by atoms with Crippen LogP contribution in [0.5, 0.6) is 0 Å². The number of carbonyl (C=O) groups is 1. The summed E-state index contributed by atoms with van der Waals surface area (Å²) in [5.74, 6) is 1.12. The van der Waals surface area contributed by atoms with E-state index in [1.165, 1.54) is 18.6 Å². The van der Waals surface area contributed by atoms with Crippen molar-refractivity contribution >= 4 is 33.2 Å². The first-order chi connectivity index (χ1) is 9.79. The molecule has 114 valence electrons. The second-order valence-corrected chi connectivity index (χ2v) is 7.88. The summed E-state index contributed by atoms with van der Waals surface area (Å²) < 4.78 is 22.7. The number of anilines is 1. The van der Waals surface area contributed by atoms with E-state index < -0.39 is 10.0 Å². The van der Waals surface area contributed by atoms with Crippen molar-refractivity contribution in [1.29, 1.82) is 0 Å². The lowest BCUT2D eigenvalue weighted by Gasteiger charge is -2.13. The largest absolute Gasteiger partial charge is 0.324 e. The van der Waals surface area contributed by atoms with Crippen molar-refractivity contribution < 1.29 is 13.2 Å². The number of halogens is 1. The van der Waals surface area contributed by atoms with Gasteiger partial charge in [0.05, 0.1) is 15.6 Å². The van der Waals surface area contributed by atoms with Gasteiger partial charge in [-0.1, -0.05) is 18.0 Å². The number of carbonyl (C=O) groups excluding carboxylic acids is 1. The summed E-state index contributed by atoms with van der Waals surface area (Å²) in [7, 11) is -3.81. The SMILES string of the molecule is Cc1cc(S(N)(=O)=O)cc(Cl)c1NC(=O)C1C2CCCC21. The number of rotatable bonds is 3. The standard InChI is InChI=1S/C14H17ClN2O3S/c1-7-5-8(21(16,19)20)6-11(15)13(7)17-14(18)12-9-3-2-4-10(9)12/h5-6,9-10,12H,2-4H2,1H3,(H,17,18)(H2,16,19,20). The molecule has 7 heteroatoms. The second-order valence-electron chi connectivity index (χ2n) is 5.92. The molecule has 2 atom stereocenters. The van der Waals surface area contributed by atoms with Crippen molar-refractivity contribution in [3.63, 3.8) is 0 Å². The van der Waals surface area contributed by atoms with Gasteiger partial charge >= 0.3 is 0 Å². The van der Waals surface area contributed by atoms with Gasteiger partial charge in [0.25, 0.3) is 0 Å². The fourth-order valence-corrected chi connectivity index (χ4v) is 4.45. The van der Waals surface area contributed by atoms with Crippen LogP contribution in [0.25, 0.3) is 0 Å². The van der Waals surface area contributed by atoms with Crippen LogP contribution in [0, 0.1) is 24.7 Å². The first-order valence-electron chi connectivity index (χ1n) is 6.93. The highest BCUT2D eigenvalue weighted by molar-refractivity contribution is 7.89. The van der Waals surface area contributed by atoms with E-state index in [4.69, 9.17) is 16.7 Å². The maximum atomic E-state index is 12.3. The van der Waals surface area contributed by atoms with Crippen LogP contribution in [0.3, 0.4) is 0 Å². The number of amides is 1. The van der Waals surface area contributed by atoms with Crippen LogP contribution in [0.4, 0.5) is 5.69 Å². The summed E-state index contributed by atoms with van der Waals surface area (Å²) in [6.45, 7) is 1.70. The average Bonchev–Trinajstić information content (AvgIpc) is 2.86. The summed E-state index contributed by atoms with van der Waals surface area (Å²) >= 11 is 6.10. The van der Waals surface area contributed by atoms with E-state index >= 15 is 0 Å². The summed E-state index contributed by atoms with van der Waals surface area (Å²) in [4.78, 5) is 12.2. The number of hydrogen-bond donors (Lipinski definition) is 2. The average molecular weight is 329 g/mol. The highest BCUT2D eigenvalue weighted by Crippen LogP contribution is 2.57. The fraction of sp³-hybridized carbons (Fsp3) is 0.500. The van der Waals surface area contributed by atoms with Crippen molar-refractivity contribution in [2.24, 2.45) is 22.9 Å². The zero-order valence-corrected chi connectivity index (χ0v) is 13.2.